The smallest absolute Gasteiger partial charge is 0.310 e. The summed E-state index contributed by atoms with van der Waals surface area (Å²) < 4.78 is 10.6. The number of hydrogen-bond acceptors (Lipinski definition) is 4. The van der Waals surface area contributed by atoms with Crippen LogP contribution in [0, 0.1) is 5.92 Å². The van der Waals surface area contributed by atoms with Gasteiger partial charge in [-0.3, -0.25) is 9.69 Å². The number of ether oxygens (including phenoxy) is 2. The van der Waals surface area contributed by atoms with Crippen LogP contribution in [-0.2, 0) is 16.1 Å². The van der Waals surface area contributed by atoms with Crippen molar-refractivity contribution in [3.8, 4) is 5.75 Å². The van der Waals surface area contributed by atoms with Gasteiger partial charge in [-0.25, -0.2) is 0 Å². The van der Waals surface area contributed by atoms with Crippen molar-refractivity contribution in [1.82, 2.24) is 4.90 Å². The summed E-state index contributed by atoms with van der Waals surface area (Å²) in [5.41, 5.74) is 1.25. The highest BCUT2D eigenvalue weighted by molar-refractivity contribution is 5.72. The van der Waals surface area contributed by atoms with Crippen LogP contribution in [-0.4, -0.2) is 37.2 Å². The Kier molecular flexibility index (Phi) is 6.05. The summed E-state index contributed by atoms with van der Waals surface area (Å²) in [6.07, 6.45) is 2.00. The maximum absolute atomic E-state index is 11.8. The summed E-state index contributed by atoms with van der Waals surface area (Å²) in [5.74, 6) is 0.889. The van der Waals surface area contributed by atoms with Crippen molar-refractivity contribution in [2.45, 2.75) is 33.2 Å². The largest absolute Gasteiger partial charge is 0.494 e. The van der Waals surface area contributed by atoms with Crippen LogP contribution in [0.4, 0.5) is 0 Å². The summed E-state index contributed by atoms with van der Waals surface area (Å²) in [6.45, 7) is 7.72. The first-order valence-corrected chi connectivity index (χ1v) is 7.83. The van der Waals surface area contributed by atoms with Gasteiger partial charge in [0.15, 0.2) is 0 Å². The van der Waals surface area contributed by atoms with E-state index in [0.29, 0.717) is 13.2 Å². The second-order valence-electron chi connectivity index (χ2n) is 5.40. The van der Waals surface area contributed by atoms with E-state index in [4.69, 9.17) is 9.47 Å². The van der Waals surface area contributed by atoms with Crippen LogP contribution >= 0.6 is 0 Å². The van der Waals surface area contributed by atoms with Gasteiger partial charge in [0.25, 0.3) is 0 Å². The van der Waals surface area contributed by atoms with Crippen LogP contribution in [0.25, 0.3) is 0 Å². The fourth-order valence-corrected chi connectivity index (χ4v) is 2.77. The van der Waals surface area contributed by atoms with Gasteiger partial charge in [-0.1, -0.05) is 12.1 Å². The Morgan fingerprint density at radius 3 is 2.67 bits per heavy atom. The fraction of sp³-hybridized carbons (Fsp3) is 0.588. The van der Waals surface area contributed by atoms with Gasteiger partial charge in [0.2, 0.25) is 0 Å². The molecule has 1 aromatic carbocycles. The second-order valence-corrected chi connectivity index (χ2v) is 5.40. The SMILES string of the molecule is CCOC(=O)[C@H]1CCCN(Cc2ccc(OCC)cc2)C1. The molecule has 0 N–H and O–H groups in total. The van der Waals surface area contributed by atoms with Gasteiger partial charge in [0.05, 0.1) is 19.1 Å². The van der Waals surface area contributed by atoms with Crippen molar-refractivity contribution < 1.29 is 14.3 Å². The molecule has 0 unspecified atom stereocenters. The second kappa shape index (κ2) is 8.03. The molecule has 0 radical (unpaired) electrons. The van der Waals surface area contributed by atoms with Gasteiger partial charge in [0.1, 0.15) is 5.75 Å². The van der Waals surface area contributed by atoms with Gasteiger partial charge in [-0.15, -0.1) is 0 Å². The van der Waals surface area contributed by atoms with Gasteiger partial charge >= 0.3 is 5.97 Å². The van der Waals surface area contributed by atoms with Gasteiger partial charge in [-0.2, -0.15) is 0 Å². The molecular formula is C17H25NO3. The number of carbonyl (C=O) groups excluding carboxylic acids is 1. The molecule has 0 saturated carbocycles. The van der Waals surface area contributed by atoms with Gasteiger partial charge in [0, 0.05) is 13.1 Å². The third-order valence-corrected chi connectivity index (χ3v) is 3.77. The standard InChI is InChI=1S/C17H25NO3/c1-3-20-16-9-7-14(8-10-16)12-18-11-5-6-15(13-18)17(19)21-4-2/h7-10,15H,3-6,11-13H2,1-2H3/t15-/m0/s1. The number of nitrogens with zero attached hydrogens (tertiary/aromatic N) is 1. The zero-order chi connectivity index (χ0) is 15.1. The molecule has 1 aliphatic heterocycles. The van der Waals surface area contributed by atoms with E-state index >= 15 is 0 Å². The molecule has 1 fully saturated rings. The Bertz CT molecular complexity index is 444. The van der Waals surface area contributed by atoms with Crippen molar-refractivity contribution in [3.63, 3.8) is 0 Å². The first-order chi connectivity index (χ1) is 10.2. The lowest BCUT2D eigenvalue weighted by Gasteiger charge is -2.31. The monoisotopic (exact) mass is 291 g/mol. The lowest BCUT2D eigenvalue weighted by atomic mass is 9.98. The predicted octanol–water partition coefficient (Wildman–Crippen LogP) is 2.86. The first-order valence-electron chi connectivity index (χ1n) is 7.83. The molecule has 0 spiro atoms. The number of carbonyl (C=O) groups is 1. The normalized spacial score (nSPS) is 19.2. The minimum absolute atomic E-state index is 0.0291. The summed E-state index contributed by atoms with van der Waals surface area (Å²) in [7, 11) is 0. The molecule has 0 bridgehead atoms. The molecule has 0 aliphatic carbocycles. The van der Waals surface area contributed by atoms with Crippen LogP contribution in [0.15, 0.2) is 24.3 Å². The van der Waals surface area contributed by atoms with Gasteiger partial charge < -0.3 is 9.47 Å². The van der Waals surface area contributed by atoms with Crippen molar-refractivity contribution >= 4 is 5.97 Å². The van der Waals surface area contributed by atoms with Crippen LogP contribution in [0.3, 0.4) is 0 Å². The molecule has 1 aliphatic rings. The quantitative estimate of drug-likeness (QED) is 0.756. The number of piperidine rings is 1. The van der Waals surface area contributed by atoms with Crippen molar-refractivity contribution in [2.24, 2.45) is 5.92 Å². The third-order valence-electron chi connectivity index (χ3n) is 3.77. The Hall–Kier alpha value is -1.55. The molecule has 1 heterocycles. The van der Waals surface area contributed by atoms with E-state index in [1.54, 1.807) is 0 Å². The molecule has 1 aromatic rings. The predicted molar refractivity (Wildman–Crippen MR) is 82.2 cm³/mol. The molecule has 4 nitrogen and oxygen atoms in total. The van der Waals surface area contributed by atoms with E-state index in [9.17, 15) is 4.79 Å². The Morgan fingerprint density at radius 2 is 2.00 bits per heavy atom. The van der Waals surface area contributed by atoms with Gasteiger partial charge in [-0.05, 0) is 50.9 Å². The molecule has 0 amide bonds. The van der Waals surface area contributed by atoms with Crippen LogP contribution < -0.4 is 4.74 Å². The summed E-state index contributed by atoms with van der Waals surface area (Å²) in [4.78, 5) is 14.2. The lowest BCUT2D eigenvalue weighted by Crippen LogP contribution is -2.38. The van der Waals surface area contributed by atoms with E-state index in [1.807, 2.05) is 26.0 Å². The van der Waals surface area contributed by atoms with E-state index in [0.717, 1.165) is 38.2 Å². The fourth-order valence-electron chi connectivity index (χ4n) is 2.77. The third kappa shape index (κ3) is 4.74. The molecule has 21 heavy (non-hydrogen) atoms. The highest BCUT2D eigenvalue weighted by Crippen LogP contribution is 2.21. The Labute approximate surface area is 127 Å². The topological polar surface area (TPSA) is 38.8 Å². The summed E-state index contributed by atoms with van der Waals surface area (Å²) >= 11 is 0. The number of rotatable bonds is 6. The van der Waals surface area contributed by atoms with E-state index in [-0.39, 0.29) is 11.9 Å². The van der Waals surface area contributed by atoms with Crippen LogP contribution in [0.1, 0.15) is 32.3 Å². The number of esters is 1. The number of benzene rings is 1. The zero-order valence-electron chi connectivity index (χ0n) is 13.0. The zero-order valence-corrected chi connectivity index (χ0v) is 13.0. The average Bonchev–Trinajstić information content (AvgIpc) is 2.50. The molecule has 0 aromatic heterocycles. The maximum Gasteiger partial charge on any atom is 0.310 e. The molecule has 116 valence electrons. The highest BCUT2D eigenvalue weighted by Gasteiger charge is 2.26. The van der Waals surface area contributed by atoms with Crippen molar-refractivity contribution in [1.29, 1.82) is 0 Å². The maximum atomic E-state index is 11.8. The summed E-state index contributed by atoms with van der Waals surface area (Å²) in [5, 5.41) is 0. The summed E-state index contributed by atoms with van der Waals surface area (Å²) in [6, 6.07) is 8.20. The van der Waals surface area contributed by atoms with E-state index in [1.165, 1.54) is 5.56 Å². The number of likely N-dealkylation sites (tertiary alicyclic amines) is 1. The Balaban J connectivity index is 1.88. The highest BCUT2D eigenvalue weighted by atomic mass is 16.5. The minimum Gasteiger partial charge on any atom is -0.494 e. The van der Waals surface area contributed by atoms with Crippen LogP contribution in [0.5, 0.6) is 5.75 Å². The molecule has 2 rings (SSSR count). The number of hydrogen-bond donors (Lipinski definition) is 0. The average molecular weight is 291 g/mol. The van der Waals surface area contributed by atoms with Crippen molar-refractivity contribution in [3.05, 3.63) is 29.8 Å². The Morgan fingerprint density at radius 1 is 1.24 bits per heavy atom. The minimum atomic E-state index is -0.0473. The molecule has 1 atom stereocenters. The molecule has 1 saturated heterocycles. The van der Waals surface area contributed by atoms with E-state index in [2.05, 4.69) is 17.0 Å². The van der Waals surface area contributed by atoms with Crippen LogP contribution in [0.2, 0.25) is 0 Å². The first kappa shape index (κ1) is 15.8. The lowest BCUT2D eigenvalue weighted by molar-refractivity contribution is -0.150. The molecular weight excluding hydrogens is 266 g/mol. The van der Waals surface area contributed by atoms with E-state index < -0.39 is 0 Å². The van der Waals surface area contributed by atoms with Crippen molar-refractivity contribution in [2.75, 3.05) is 26.3 Å². The molecule has 4 heteroatoms.